The van der Waals surface area contributed by atoms with E-state index in [2.05, 4.69) is 15.7 Å². The number of hydrogen-bond donors (Lipinski definition) is 4. The predicted molar refractivity (Wildman–Crippen MR) is 83.2 cm³/mol. The van der Waals surface area contributed by atoms with E-state index in [1.807, 2.05) is 0 Å². The zero-order chi connectivity index (χ0) is 14.6. The van der Waals surface area contributed by atoms with Crippen LogP contribution < -0.4 is 16.6 Å². The summed E-state index contributed by atoms with van der Waals surface area (Å²) in [6, 6.07) is 1.57. The van der Waals surface area contributed by atoms with Crippen LogP contribution in [-0.4, -0.2) is 22.2 Å². The molecule has 1 aromatic heterocycles. The van der Waals surface area contributed by atoms with Gasteiger partial charge in [0.1, 0.15) is 5.82 Å². The summed E-state index contributed by atoms with van der Waals surface area (Å²) >= 11 is 12.0. The summed E-state index contributed by atoms with van der Waals surface area (Å²) in [5.74, 6) is 6.16. The minimum atomic E-state index is -0.697. The lowest BCUT2D eigenvalue weighted by molar-refractivity contribution is 0.0380. The molecule has 1 heterocycles. The molecule has 1 aromatic rings. The first-order valence-corrected chi connectivity index (χ1v) is 7.58. The van der Waals surface area contributed by atoms with Crippen LogP contribution in [0.1, 0.15) is 38.5 Å². The first kappa shape index (κ1) is 15.6. The maximum atomic E-state index is 10.6. The van der Waals surface area contributed by atoms with Crippen LogP contribution in [0.25, 0.3) is 0 Å². The van der Waals surface area contributed by atoms with Crippen molar-refractivity contribution in [3.05, 3.63) is 16.1 Å². The Kier molecular flexibility index (Phi) is 5.32. The number of aromatic nitrogens is 1. The fourth-order valence-electron chi connectivity index (χ4n) is 2.50. The molecule has 20 heavy (non-hydrogen) atoms. The molecular weight excluding hydrogens is 299 g/mol. The van der Waals surface area contributed by atoms with Gasteiger partial charge >= 0.3 is 0 Å². The van der Waals surface area contributed by atoms with Gasteiger partial charge in [-0.15, -0.1) is 0 Å². The minimum absolute atomic E-state index is 0.353. The normalized spacial score (nSPS) is 18.4. The van der Waals surface area contributed by atoms with E-state index in [0.29, 0.717) is 28.2 Å². The number of rotatable bonds is 4. The molecule has 7 heteroatoms. The molecule has 0 aliphatic heterocycles. The first-order valence-electron chi connectivity index (χ1n) is 6.83. The number of hydrazine groups is 1. The molecular formula is C13H20Cl2N4O. The van der Waals surface area contributed by atoms with Gasteiger partial charge in [-0.25, -0.2) is 10.8 Å². The van der Waals surface area contributed by atoms with E-state index >= 15 is 0 Å². The molecule has 112 valence electrons. The first-order chi connectivity index (χ1) is 9.54. The van der Waals surface area contributed by atoms with Crippen molar-refractivity contribution in [1.82, 2.24) is 4.98 Å². The fraction of sp³-hybridized carbons (Fsp3) is 0.615. The molecule has 1 aliphatic carbocycles. The highest BCUT2D eigenvalue weighted by Gasteiger charge is 2.28. The fourth-order valence-corrected chi connectivity index (χ4v) is 2.98. The lowest BCUT2D eigenvalue weighted by Gasteiger charge is -2.27. The second-order valence-electron chi connectivity index (χ2n) is 5.29. The van der Waals surface area contributed by atoms with Gasteiger partial charge in [-0.05, 0) is 18.9 Å². The van der Waals surface area contributed by atoms with Crippen LogP contribution in [0.4, 0.5) is 11.6 Å². The summed E-state index contributed by atoms with van der Waals surface area (Å²) in [6.07, 6.45) is 6.07. The Morgan fingerprint density at radius 3 is 2.35 bits per heavy atom. The standard InChI is InChI=1S/C13H20Cl2N4O/c14-9-7-10(15)12(19-16)18-11(9)17-8-13(20)5-3-1-2-4-6-13/h7,20H,1-6,8,16H2,(H2,17,18,19). The van der Waals surface area contributed by atoms with Gasteiger partial charge in [-0.3, -0.25) is 0 Å². The van der Waals surface area contributed by atoms with Crippen LogP contribution in [0.3, 0.4) is 0 Å². The number of aliphatic hydroxyl groups is 1. The molecule has 0 aromatic carbocycles. The third-order valence-corrected chi connectivity index (χ3v) is 4.26. The predicted octanol–water partition coefficient (Wildman–Crippen LogP) is 3.17. The van der Waals surface area contributed by atoms with E-state index in [0.717, 1.165) is 25.7 Å². The van der Waals surface area contributed by atoms with Crippen LogP contribution >= 0.6 is 23.2 Å². The van der Waals surface area contributed by atoms with Gasteiger partial charge in [0.2, 0.25) is 0 Å². The second-order valence-corrected chi connectivity index (χ2v) is 6.10. The van der Waals surface area contributed by atoms with Gasteiger partial charge < -0.3 is 15.8 Å². The molecule has 0 radical (unpaired) electrons. The van der Waals surface area contributed by atoms with E-state index in [1.165, 1.54) is 12.8 Å². The van der Waals surface area contributed by atoms with Crippen LogP contribution in [-0.2, 0) is 0 Å². The highest BCUT2D eigenvalue weighted by molar-refractivity contribution is 6.37. The summed E-state index contributed by atoms with van der Waals surface area (Å²) in [7, 11) is 0. The summed E-state index contributed by atoms with van der Waals surface area (Å²) in [6.45, 7) is 0.422. The zero-order valence-electron chi connectivity index (χ0n) is 11.3. The number of halogens is 2. The number of hydrogen-bond acceptors (Lipinski definition) is 5. The van der Waals surface area contributed by atoms with Crippen molar-refractivity contribution >= 4 is 34.8 Å². The zero-order valence-corrected chi connectivity index (χ0v) is 12.8. The summed E-state index contributed by atoms with van der Waals surface area (Å²) in [5.41, 5.74) is 1.72. The Labute approximate surface area is 128 Å². The molecule has 0 bridgehead atoms. The van der Waals surface area contributed by atoms with Crippen molar-refractivity contribution in [2.24, 2.45) is 5.84 Å². The summed E-state index contributed by atoms with van der Waals surface area (Å²) in [5, 5.41) is 14.5. The van der Waals surface area contributed by atoms with Crippen molar-refractivity contribution in [2.45, 2.75) is 44.1 Å². The van der Waals surface area contributed by atoms with Gasteiger partial charge in [-0.2, -0.15) is 0 Å². The van der Waals surface area contributed by atoms with Crippen molar-refractivity contribution < 1.29 is 5.11 Å². The Balaban J connectivity index is 2.06. The molecule has 0 saturated heterocycles. The lowest BCUT2D eigenvalue weighted by Crippen LogP contribution is -2.36. The van der Waals surface area contributed by atoms with Crippen LogP contribution in [0.2, 0.25) is 10.0 Å². The Morgan fingerprint density at radius 1 is 1.15 bits per heavy atom. The maximum absolute atomic E-state index is 10.6. The van der Waals surface area contributed by atoms with Crippen LogP contribution in [0.5, 0.6) is 0 Å². The average Bonchev–Trinajstić information content (AvgIpc) is 2.63. The molecule has 2 rings (SSSR count). The van der Waals surface area contributed by atoms with Crippen molar-refractivity contribution in [1.29, 1.82) is 0 Å². The highest BCUT2D eigenvalue weighted by atomic mass is 35.5. The van der Waals surface area contributed by atoms with E-state index < -0.39 is 5.60 Å². The lowest BCUT2D eigenvalue weighted by atomic mass is 9.94. The molecule has 0 unspecified atom stereocenters. The van der Waals surface area contributed by atoms with Gasteiger partial charge in [0.05, 0.1) is 15.6 Å². The smallest absolute Gasteiger partial charge is 0.161 e. The Hall–Kier alpha value is -0.750. The quantitative estimate of drug-likeness (QED) is 0.389. The minimum Gasteiger partial charge on any atom is -0.388 e. The molecule has 0 amide bonds. The van der Waals surface area contributed by atoms with E-state index in [4.69, 9.17) is 29.0 Å². The van der Waals surface area contributed by atoms with E-state index in [9.17, 15) is 5.11 Å². The van der Waals surface area contributed by atoms with E-state index in [-0.39, 0.29) is 0 Å². The van der Waals surface area contributed by atoms with Crippen LogP contribution in [0.15, 0.2) is 6.07 Å². The average molecular weight is 319 g/mol. The Bertz CT molecular complexity index is 462. The maximum Gasteiger partial charge on any atom is 0.161 e. The molecule has 0 atom stereocenters. The molecule has 1 saturated carbocycles. The van der Waals surface area contributed by atoms with Gasteiger partial charge in [0, 0.05) is 6.54 Å². The SMILES string of the molecule is NNc1nc(NCC2(O)CCCCCC2)c(Cl)cc1Cl. The van der Waals surface area contributed by atoms with Crippen molar-refractivity contribution in [3.8, 4) is 0 Å². The highest BCUT2D eigenvalue weighted by Crippen LogP contribution is 2.31. The second kappa shape index (κ2) is 6.80. The number of nitrogens with zero attached hydrogens (tertiary/aromatic N) is 1. The van der Waals surface area contributed by atoms with E-state index in [1.54, 1.807) is 6.07 Å². The number of nitrogens with one attached hydrogen (secondary N) is 2. The van der Waals surface area contributed by atoms with Crippen LogP contribution in [0, 0.1) is 0 Å². The topological polar surface area (TPSA) is 83.2 Å². The molecule has 5 nitrogen and oxygen atoms in total. The van der Waals surface area contributed by atoms with Gasteiger partial charge in [0.25, 0.3) is 0 Å². The number of pyridine rings is 1. The van der Waals surface area contributed by atoms with Gasteiger partial charge in [-0.1, -0.05) is 48.9 Å². The third-order valence-electron chi connectivity index (χ3n) is 3.69. The molecule has 1 fully saturated rings. The number of nitrogens with two attached hydrogens (primary N) is 1. The molecule has 5 N–H and O–H groups in total. The summed E-state index contributed by atoms with van der Waals surface area (Å²) < 4.78 is 0. The number of anilines is 2. The number of nitrogen functional groups attached to an aromatic ring is 1. The largest absolute Gasteiger partial charge is 0.388 e. The Morgan fingerprint density at radius 2 is 1.75 bits per heavy atom. The summed E-state index contributed by atoms with van der Waals surface area (Å²) in [4.78, 5) is 4.21. The molecule has 1 aliphatic rings. The van der Waals surface area contributed by atoms with Crippen molar-refractivity contribution in [2.75, 3.05) is 17.3 Å². The van der Waals surface area contributed by atoms with Gasteiger partial charge in [0.15, 0.2) is 5.82 Å². The third kappa shape index (κ3) is 3.88. The van der Waals surface area contributed by atoms with Crippen molar-refractivity contribution in [3.63, 3.8) is 0 Å². The monoisotopic (exact) mass is 318 g/mol. The molecule has 0 spiro atoms.